The minimum Gasteiger partial charge on any atom is -0.356 e. The molecule has 2 heterocycles. The Morgan fingerprint density at radius 1 is 1.17 bits per heavy atom. The van der Waals surface area contributed by atoms with Crippen molar-refractivity contribution < 1.29 is 0 Å². The van der Waals surface area contributed by atoms with Gasteiger partial charge in [0.05, 0.1) is 0 Å². The van der Waals surface area contributed by atoms with Crippen LogP contribution in [0.1, 0.15) is 5.56 Å². The molecule has 1 atom stereocenters. The number of thioether (sulfide) groups is 1. The number of anilines is 1. The van der Waals surface area contributed by atoms with E-state index in [4.69, 9.17) is 0 Å². The highest BCUT2D eigenvalue weighted by Crippen LogP contribution is 2.38. The van der Waals surface area contributed by atoms with Crippen LogP contribution in [0.5, 0.6) is 0 Å². The van der Waals surface area contributed by atoms with Crippen LogP contribution in [0.25, 0.3) is 0 Å². The van der Waals surface area contributed by atoms with E-state index in [2.05, 4.69) is 33.8 Å². The molecule has 89 valence electrons. The van der Waals surface area contributed by atoms with Crippen molar-refractivity contribution >= 4 is 17.4 Å². The van der Waals surface area contributed by atoms with Gasteiger partial charge in [-0.3, -0.25) is 4.98 Å². The third-order valence-electron chi connectivity index (χ3n) is 2.72. The Kier molecular flexibility index (Phi) is 2.94. The van der Waals surface area contributed by atoms with Gasteiger partial charge in [0.25, 0.3) is 0 Å². The smallest absolute Gasteiger partial charge is 0.187 e. The minimum absolute atomic E-state index is 0.351. The number of nitrogens with zero attached hydrogens (tertiary/aromatic N) is 1. The molecule has 3 nitrogen and oxygen atoms in total. The summed E-state index contributed by atoms with van der Waals surface area (Å²) in [6.07, 6.45) is 5.51. The van der Waals surface area contributed by atoms with Gasteiger partial charge in [-0.2, -0.15) is 0 Å². The van der Waals surface area contributed by atoms with Gasteiger partial charge in [-0.15, -0.1) is 0 Å². The molecule has 0 spiro atoms. The van der Waals surface area contributed by atoms with Crippen molar-refractivity contribution in [2.24, 2.45) is 0 Å². The number of pyridine rings is 1. The summed E-state index contributed by atoms with van der Waals surface area (Å²) in [4.78, 5) is 3.68. The summed E-state index contributed by atoms with van der Waals surface area (Å²) in [7, 11) is 0. The lowest BCUT2D eigenvalue weighted by Gasteiger charge is -2.31. The van der Waals surface area contributed by atoms with Crippen molar-refractivity contribution in [3.63, 3.8) is 0 Å². The van der Waals surface area contributed by atoms with Gasteiger partial charge in [-0.05, 0) is 23.6 Å². The maximum Gasteiger partial charge on any atom is 0.187 e. The Morgan fingerprint density at radius 2 is 1.94 bits per heavy atom. The van der Waals surface area contributed by atoms with E-state index in [1.165, 1.54) is 0 Å². The quantitative estimate of drug-likeness (QED) is 0.883. The van der Waals surface area contributed by atoms with E-state index in [0.29, 0.717) is 0 Å². The van der Waals surface area contributed by atoms with Gasteiger partial charge in [0.15, 0.2) is 4.99 Å². The molecule has 4 heteroatoms. The molecule has 1 radical (unpaired) electrons. The van der Waals surface area contributed by atoms with Gasteiger partial charge in [-0.25, -0.2) is 0 Å². The predicted octanol–water partition coefficient (Wildman–Crippen LogP) is 2.91. The molecule has 18 heavy (non-hydrogen) atoms. The van der Waals surface area contributed by atoms with E-state index in [-0.39, 0.29) is 4.99 Å². The van der Waals surface area contributed by atoms with E-state index in [0.717, 1.165) is 11.3 Å². The molecule has 0 amide bonds. The molecule has 0 fully saturated rings. The fraction of sp³-hybridized carbons (Fsp3) is 0.0714. The third-order valence-corrected chi connectivity index (χ3v) is 3.81. The topological polar surface area (TPSA) is 37.0 Å². The van der Waals surface area contributed by atoms with Crippen LogP contribution in [-0.4, -0.2) is 4.98 Å². The Hall–Kier alpha value is -1.94. The van der Waals surface area contributed by atoms with E-state index in [9.17, 15) is 0 Å². The first kappa shape index (κ1) is 11.2. The third kappa shape index (κ3) is 2.07. The zero-order chi connectivity index (χ0) is 12.3. The van der Waals surface area contributed by atoms with Crippen molar-refractivity contribution in [3.8, 4) is 0 Å². The van der Waals surface area contributed by atoms with Crippen molar-refractivity contribution in [1.82, 2.24) is 10.3 Å². The lowest BCUT2D eigenvalue weighted by atomic mass is 10.1. The molecule has 0 bridgehead atoms. The number of nitrogens with one attached hydrogen (secondary N) is 2. The van der Waals surface area contributed by atoms with Crippen LogP contribution in [0.3, 0.4) is 0 Å². The Bertz CT molecular complexity index is 531. The highest BCUT2D eigenvalue weighted by atomic mass is 32.2. The largest absolute Gasteiger partial charge is 0.356 e. The van der Waals surface area contributed by atoms with Crippen molar-refractivity contribution in [3.05, 3.63) is 72.0 Å². The highest BCUT2D eigenvalue weighted by molar-refractivity contribution is 8.03. The fourth-order valence-corrected chi connectivity index (χ4v) is 2.80. The summed E-state index contributed by atoms with van der Waals surface area (Å²) in [5, 5.41) is 8.92. The minimum atomic E-state index is -0.351. The van der Waals surface area contributed by atoms with E-state index < -0.39 is 0 Å². The average Bonchev–Trinajstić information content (AvgIpc) is 2.91. The normalized spacial score (nSPS) is 21.6. The van der Waals surface area contributed by atoms with E-state index >= 15 is 0 Å². The lowest BCUT2D eigenvalue weighted by Crippen LogP contribution is -2.40. The zero-order valence-electron chi connectivity index (χ0n) is 9.63. The molecule has 1 aromatic carbocycles. The maximum atomic E-state index is 4.03. The second-order valence-corrected chi connectivity index (χ2v) is 5.02. The van der Waals surface area contributed by atoms with Gasteiger partial charge in [0.2, 0.25) is 0 Å². The summed E-state index contributed by atoms with van der Waals surface area (Å²) < 4.78 is 0. The van der Waals surface area contributed by atoms with Crippen molar-refractivity contribution in [2.45, 2.75) is 4.99 Å². The van der Waals surface area contributed by atoms with Gasteiger partial charge in [0.1, 0.15) is 0 Å². The summed E-state index contributed by atoms with van der Waals surface area (Å²) in [6.45, 7) is 0. The Balaban J connectivity index is 1.93. The lowest BCUT2D eigenvalue weighted by molar-refractivity contribution is 0.648. The average molecular weight is 254 g/mol. The maximum absolute atomic E-state index is 4.03. The highest BCUT2D eigenvalue weighted by Gasteiger charge is 2.33. The van der Waals surface area contributed by atoms with Crippen molar-refractivity contribution in [1.29, 1.82) is 0 Å². The standard InChI is InChI=1S/C14H12N3S/c1-2-4-12(5-3-1)14(16-10-11-18-14)17-13-6-8-15-9-7-13/h2-11,16H,(H,15,17). The number of aromatic nitrogens is 1. The molecule has 1 aliphatic heterocycles. The second kappa shape index (κ2) is 4.74. The van der Waals surface area contributed by atoms with Gasteiger partial charge < -0.3 is 10.6 Å². The molecular formula is C14H12N3S. The Labute approximate surface area is 110 Å². The molecule has 2 N–H and O–H groups in total. The number of rotatable bonds is 3. The number of hydrogen-bond acceptors (Lipinski definition) is 4. The summed E-state index contributed by atoms with van der Waals surface area (Å²) in [5.74, 6) is 0. The predicted molar refractivity (Wildman–Crippen MR) is 74.7 cm³/mol. The molecule has 1 unspecified atom stereocenters. The molecule has 3 rings (SSSR count). The summed E-state index contributed by atoms with van der Waals surface area (Å²) in [5.41, 5.74) is 2.19. The fourth-order valence-electron chi connectivity index (χ4n) is 1.87. The molecule has 2 aromatic rings. The van der Waals surface area contributed by atoms with Gasteiger partial charge in [0, 0.05) is 29.8 Å². The first-order valence-corrected chi connectivity index (χ1v) is 6.52. The van der Waals surface area contributed by atoms with Crippen molar-refractivity contribution in [2.75, 3.05) is 5.32 Å². The first-order chi connectivity index (χ1) is 8.89. The zero-order valence-corrected chi connectivity index (χ0v) is 10.4. The summed E-state index contributed by atoms with van der Waals surface area (Å²) in [6, 6.07) is 14.9. The molecule has 0 aliphatic carbocycles. The van der Waals surface area contributed by atoms with Crippen LogP contribution in [-0.2, 0) is 4.99 Å². The van der Waals surface area contributed by atoms with E-state index in [1.54, 1.807) is 24.2 Å². The molecule has 0 saturated heterocycles. The van der Waals surface area contributed by atoms with Crippen LogP contribution in [0.4, 0.5) is 5.69 Å². The Morgan fingerprint density at radius 3 is 2.61 bits per heavy atom. The monoisotopic (exact) mass is 254 g/mol. The van der Waals surface area contributed by atoms with Crippen LogP contribution in [0.15, 0.2) is 60.4 Å². The molecule has 1 aromatic heterocycles. The summed E-state index contributed by atoms with van der Waals surface area (Å²) >= 11 is 1.70. The van der Waals surface area contributed by atoms with Crippen LogP contribution < -0.4 is 10.6 Å². The SMILES string of the molecule is [c]1ccc(C2(Nc3ccncc3)NC=CS2)cc1. The second-order valence-electron chi connectivity index (χ2n) is 3.90. The first-order valence-electron chi connectivity index (χ1n) is 5.64. The van der Waals surface area contributed by atoms with E-state index in [1.807, 2.05) is 35.9 Å². The van der Waals surface area contributed by atoms with Crippen LogP contribution >= 0.6 is 11.8 Å². The van der Waals surface area contributed by atoms with Crippen LogP contribution in [0.2, 0.25) is 0 Å². The number of hydrogen-bond donors (Lipinski definition) is 2. The van der Waals surface area contributed by atoms with Gasteiger partial charge >= 0.3 is 0 Å². The molecular weight excluding hydrogens is 242 g/mol. The van der Waals surface area contributed by atoms with Gasteiger partial charge in [-0.1, -0.05) is 36.0 Å². The van der Waals surface area contributed by atoms with Crippen LogP contribution in [0, 0.1) is 6.07 Å². The molecule has 0 saturated carbocycles. The molecule has 1 aliphatic rings. The number of benzene rings is 1.